The molecule has 96 heavy (non-hydrogen) atoms. The van der Waals surface area contributed by atoms with E-state index in [0.717, 1.165) is 128 Å². The minimum atomic E-state index is -0.490. The quantitative estimate of drug-likeness (QED) is 0.148. The lowest BCUT2D eigenvalue weighted by atomic mass is 9.33. The number of benzene rings is 13. The van der Waals surface area contributed by atoms with Crippen molar-refractivity contribution in [2.45, 2.75) is 78.6 Å². The normalized spacial score (nSPS) is 14.4. The van der Waals surface area contributed by atoms with E-state index < -0.39 is 36.3 Å². The van der Waals surface area contributed by atoms with Crippen LogP contribution < -0.4 is 26.2 Å². The molecular weight excluding hydrogens is 1160 g/mol. The maximum Gasteiger partial charge on any atom is 0.252 e. The van der Waals surface area contributed by atoms with Gasteiger partial charge >= 0.3 is 0 Å². The van der Waals surface area contributed by atoms with Crippen LogP contribution in [-0.4, -0.2) is 20.4 Å². The highest BCUT2D eigenvalue weighted by Gasteiger charge is 2.46. The molecule has 18 rings (SSSR count). The van der Waals surface area contributed by atoms with Gasteiger partial charge in [0.2, 0.25) is 0 Å². The van der Waals surface area contributed by atoms with E-state index in [9.17, 15) is 8.22 Å². The van der Waals surface area contributed by atoms with Gasteiger partial charge in [-0.25, -0.2) is 0 Å². The summed E-state index contributed by atoms with van der Waals surface area (Å²) in [6, 6.07) is 82.8. The van der Waals surface area contributed by atoms with Crippen molar-refractivity contribution in [2.75, 3.05) is 9.80 Å². The number of fused-ring (bicyclic) bond motifs is 13. The fraction of sp³-hybridized carbons (Fsp3) is 0.133. The highest BCUT2D eigenvalue weighted by Crippen LogP contribution is 2.52. The van der Waals surface area contributed by atoms with Crippen molar-refractivity contribution < 1.29 is 11.0 Å². The fourth-order valence-corrected chi connectivity index (χ4v) is 15.5. The van der Waals surface area contributed by atoms with Crippen LogP contribution >= 0.6 is 0 Å². The molecule has 0 atom stereocenters. The van der Waals surface area contributed by atoms with Gasteiger partial charge in [-0.15, -0.1) is 0 Å². The van der Waals surface area contributed by atoms with Gasteiger partial charge in [-0.2, -0.15) is 0 Å². The SMILES string of the molecule is [2H]c1c([2H])c([2H])c2c(c1[2H])c1c([2H])c([2H])c([2H])c([2H])c1n2-c1ccc2c(c1)N(c1ccc(C(C)(C)C)cc1-c1ccccc1)c1cc(C(C)(C)C)cc3c1B2c1ccc(-n2c4ccccc4c4cc5c6ccccc6n(-c6ccccc6)c5cc42)cc1N3c1ccc(C(C)(C)C)cc1-c1ccccc1. The second-order valence-electron chi connectivity index (χ2n) is 29.2. The number of para-hydroxylation sites is 5. The first-order valence-corrected chi connectivity index (χ1v) is 33.4. The van der Waals surface area contributed by atoms with Crippen molar-refractivity contribution >= 4 is 123 Å². The molecule has 5 heterocycles. The van der Waals surface area contributed by atoms with Gasteiger partial charge in [-0.05, 0) is 170 Å². The van der Waals surface area contributed by atoms with Crippen LogP contribution in [0.4, 0.5) is 34.1 Å². The first-order chi connectivity index (χ1) is 49.9. The smallest absolute Gasteiger partial charge is 0.252 e. The minimum absolute atomic E-state index is 0.0234. The Hall–Kier alpha value is -11.1. The number of anilines is 6. The molecule has 0 bridgehead atoms. The lowest BCUT2D eigenvalue weighted by molar-refractivity contribution is 0.590. The van der Waals surface area contributed by atoms with E-state index in [2.05, 4.69) is 306 Å². The zero-order valence-electron chi connectivity index (χ0n) is 63.3. The topological polar surface area (TPSA) is 21.3 Å². The van der Waals surface area contributed by atoms with Crippen molar-refractivity contribution in [3.63, 3.8) is 0 Å². The molecule has 0 spiro atoms. The van der Waals surface area contributed by atoms with Crippen LogP contribution in [0, 0.1) is 0 Å². The van der Waals surface area contributed by atoms with Crippen molar-refractivity contribution in [2.24, 2.45) is 0 Å². The molecule has 6 heteroatoms. The average molecular weight is 1240 g/mol. The summed E-state index contributed by atoms with van der Waals surface area (Å²) >= 11 is 0. The molecular formula is C90H74BN5. The Bertz CT molecular complexity index is 6280. The molecule has 0 aliphatic carbocycles. The van der Waals surface area contributed by atoms with E-state index in [0.29, 0.717) is 5.69 Å². The molecule has 0 saturated heterocycles. The van der Waals surface area contributed by atoms with Gasteiger partial charge in [0.15, 0.2) is 0 Å². The highest BCUT2D eigenvalue weighted by atomic mass is 15.2. The van der Waals surface area contributed by atoms with E-state index in [1.54, 1.807) is 4.57 Å². The standard InChI is InChI=1S/C90H74BN5/c1-88(2,3)59-41-47-79(69(49-59)57-27-13-10-14-28-57)95-83-53-63(93-75-37-23-19-33-65(75)66-34-20-24-38-76(66)93)43-45-73(83)91-74-46-44-64(94-78-40-26-22-36-68(78)72-55-71-67-35-21-25-39-77(67)92(81(71)56-82(72)94)62-31-17-12-18-32-62)54-84(74)96(86-52-61(90(7,8)9)51-85(95)87(86)91)80-48-42-60(89(4,5)6)50-70(80)58-29-15-11-16-30-58/h10-56H,1-9H3/i19D,20D,23D,24D,33D,34D,37D,38D. The Balaban J connectivity index is 0.994. The summed E-state index contributed by atoms with van der Waals surface area (Å²) < 4.78 is 81.2. The van der Waals surface area contributed by atoms with Crippen LogP contribution in [0.5, 0.6) is 0 Å². The van der Waals surface area contributed by atoms with Gasteiger partial charge in [0.1, 0.15) is 0 Å². The first-order valence-electron chi connectivity index (χ1n) is 37.4. The van der Waals surface area contributed by atoms with Gasteiger partial charge in [-0.1, -0.05) is 238 Å². The summed E-state index contributed by atoms with van der Waals surface area (Å²) in [5.41, 5.74) is 22.5. The Morgan fingerprint density at radius 2 is 0.688 bits per heavy atom. The predicted octanol–water partition coefficient (Wildman–Crippen LogP) is 22.3. The van der Waals surface area contributed by atoms with Gasteiger partial charge in [0.05, 0.1) is 55.4 Å². The lowest BCUT2D eigenvalue weighted by Gasteiger charge is -2.46. The molecule has 16 aromatic rings. The molecule has 0 radical (unpaired) electrons. The Kier molecular flexibility index (Phi) is 10.9. The number of rotatable bonds is 7. The van der Waals surface area contributed by atoms with Crippen molar-refractivity contribution in [3.05, 3.63) is 302 Å². The molecule has 0 amide bonds. The van der Waals surface area contributed by atoms with Crippen LogP contribution in [-0.2, 0) is 16.2 Å². The molecule has 0 N–H and O–H groups in total. The molecule has 2 aliphatic heterocycles. The van der Waals surface area contributed by atoms with Gasteiger partial charge in [0, 0.05) is 83.3 Å². The van der Waals surface area contributed by atoms with E-state index in [-0.39, 0.29) is 56.8 Å². The Morgan fingerprint density at radius 1 is 0.281 bits per heavy atom. The number of hydrogen-bond acceptors (Lipinski definition) is 2. The van der Waals surface area contributed by atoms with Gasteiger partial charge < -0.3 is 23.5 Å². The third-order valence-electron chi connectivity index (χ3n) is 20.3. The Morgan fingerprint density at radius 3 is 1.15 bits per heavy atom. The summed E-state index contributed by atoms with van der Waals surface area (Å²) in [4.78, 5) is 4.96. The van der Waals surface area contributed by atoms with Gasteiger partial charge in [0.25, 0.3) is 6.71 Å². The van der Waals surface area contributed by atoms with Crippen molar-refractivity contribution in [1.29, 1.82) is 0 Å². The second-order valence-corrected chi connectivity index (χ2v) is 29.2. The highest BCUT2D eigenvalue weighted by molar-refractivity contribution is 7.00. The molecule has 0 unspecified atom stereocenters. The van der Waals surface area contributed by atoms with Crippen molar-refractivity contribution in [1.82, 2.24) is 13.7 Å². The molecule has 0 saturated carbocycles. The molecule has 2 aliphatic rings. The molecule has 5 nitrogen and oxygen atoms in total. The predicted molar refractivity (Wildman–Crippen MR) is 410 cm³/mol. The summed E-state index contributed by atoms with van der Waals surface area (Å²) in [5, 5.41) is 4.68. The summed E-state index contributed by atoms with van der Waals surface area (Å²) in [6.45, 7) is 19.9. The van der Waals surface area contributed by atoms with Crippen molar-refractivity contribution in [3.8, 4) is 39.3 Å². The van der Waals surface area contributed by atoms with Crippen LogP contribution in [0.25, 0.3) is 105 Å². The van der Waals surface area contributed by atoms with Crippen LogP contribution in [0.2, 0.25) is 0 Å². The first kappa shape index (κ1) is 49.5. The molecule has 0 fully saturated rings. The van der Waals surface area contributed by atoms with E-state index >= 15 is 0 Å². The Labute approximate surface area is 573 Å². The zero-order valence-corrected chi connectivity index (χ0v) is 55.3. The van der Waals surface area contributed by atoms with Crippen LogP contribution in [0.3, 0.4) is 0 Å². The summed E-state index contributed by atoms with van der Waals surface area (Å²) in [6.07, 6.45) is 0. The number of aromatic nitrogens is 3. The largest absolute Gasteiger partial charge is 0.311 e. The van der Waals surface area contributed by atoms with E-state index in [4.69, 9.17) is 2.74 Å². The number of hydrogen-bond donors (Lipinski definition) is 0. The molecule has 13 aromatic carbocycles. The van der Waals surface area contributed by atoms with Gasteiger partial charge in [-0.3, -0.25) is 0 Å². The second kappa shape index (κ2) is 21.2. The monoisotopic (exact) mass is 1240 g/mol. The minimum Gasteiger partial charge on any atom is -0.311 e. The summed E-state index contributed by atoms with van der Waals surface area (Å²) in [7, 11) is 0. The fourth-order valence-electron chi connectivity index (χ4n) is 15.5. The molecule has 3 aromatic heterocycles. The van der Waals surface area contributed by atoms with E-state index in [1.807, 2.05) is 12.1 Å². The maximum absolute atomic E-state index is 9.72. The lowest BCUT2D eigenvalue weighted by Crippen LogP contribution is -2.61. The zero-order chi connectivity index (χ0) is 72.1. The summed E-state index contributed by atoms with van der Waals surface area (Å²) in [5.74, 6) is 0. The van der Waals surface area contributed by atoms with E-state index in [1.165, 1.54) is 16.3 Å². The number of nitrogens with zero attached hydrogens (tertiary/aromatic N) is 5. The third-order valence-corrected chi connectivity index (χ3v) is 20.3. The molecule has 462 valence electrons. The maximum atomic E-state index is 9.72. The third kappa shape index (κ3) is 8.84. The van der Waals surface area contributed by atoms with Crippen LogP contribution in [0.1, 0.15) is 90.0 Å². The average Bonchev–Trinajstić information content (AvgIpc) is 1.09. The van der Waals surface area contributed by atoms with Crippen LogP contribution in [0.15, 0.2) is 285 Å².